The van der Waals surface area contributed by atoms with Gasteiger partial charge in [-0.05, 0) is 35.9 Å². The van der Waals surface area contributed by atoms with Crippen molar-refractivity contribution in [1.82, 2.24) is 20.5 Å². The van der Waals surface area contributed by atoms with Crippen molar-refractivity contribution >= 4 is 32.9 Å². The fraction of sp³-hybridized carbons (Fsp3) is 0.188. The summed E-state index contributed by atoms with van der Waals surface area (Å²) in [5.74, 6) is -0.229. The van der Waals surface area contributed by atoms with E-state index in [4.69, 9.17) is 4.84 Å². The number of carbonyl (C=O) groups is 1. The number of hydrogen-bond donors (Lipinski definition) is 1. The summed E-state index contributed by atoms with van der Waals surface area (Å²) in [6.45, 7) is 1.78. The lowest BCUT2D eigenvalue weighted by Crippen LogP contribution is -2.34. The van der Waals surface area contributed by atoms with Gasteiger partial charge in [-0.25, -0.2) is 0 Å². The van der Waals surface area contributed by atoms with Gasteiger partial charge in [-0.3, -0.25) is 4.79 Å². The van der Waals surface area contributed by atoms with E-state index in [1.807, 2.05) is 55.5 Å². The van der Waals surface area contributed by atoms with Crippen molar-refractivity contribution in [3.63, 3.8) is 0 Å². The minimum atomic E-state index is -0.229. The fourth-order valence-corrected chi connectivity index (χ4v) is 2.88. The van der Waals surface area contributed by atoms with Crippen molar-refractivity contribution in [3.8, 4) is 0 Å². The van der Waals surface area contributed by atoms with Crippen LogP contribution in [-0.2, 0) is 4.79 Å². The Morgan fingerprint density at radius 1 is 1.26 bits per heavy atom. The minimum absolute atomic E-state index is 0.130. The highest BCUT2D eigenvalue weighted by molar-refractivity contribution is 9.10. The maximum absolute atomic E-state index is 12.1. The highest BCUT2D eigenvalue weighted by Gasteiger charge is 2.13. The number of nitrogens with zero attached hydrogens (tertiary/aromatic N) is 3. The Balaban J connectivity index is 1.61. The SMILES string of the molecule is C[C@H](NC(=O)COn1nnc2ccccc21)c1ccccc1Br. The lowest BCUT2D eigenvalue weighted by Gasteiger charge is -2.15. The Morgan fingerprint density at radius 2 is 2.00 bits per heavy atom. The summed E-state index contributed by atoms with van der Waals surface area (Å²) in [5, 5.41) is 10.7. The first-order valence-corrected chi connectivity index (χ1v) is 7.92. The summed E-state index contributed by atoms with van der Waals surface area (Å²) in [6, 6.07) is 15.0. The van der Waals surface area contributed by atoms with Gasteiger partial charge in [0.25, 0.3) is 5.91 Å². The second-order valence-electron chi connectivity index (χ2n) is 5.04. The number of para-hydroxylation sites is 1. The number of fused-ring (bicyclic) bond motifs is 1. The van der Waals surface area contributed by atoms with E-state index in [2.05, 4.69) is 31.6 Å². The first-order valence-electron chi connectivity index (χ1n) is 7.12. The van der Waals surface area contributed by atoms with Crippen molar-refractivity contribution in [3.05, 3.63) is 58.6 Å². The van der Waals surface area contributed by atoms with Crippen LogP contribution in [0, 0.1) is 0 Å². The molecule has 3 rings (SSSR count). The largest absolute Gasteiger partial charge is 0.385 e. The number of benzene rings is 2. The Morgan fingerprint density at radius 3 is 2.83 bits per heavy atom. The van der Waals surface area contributed by atoms with Gasteiger partial charge in [-0.2, -0.15) is 0 Å². The van der Waals surface area contributed by atoms with Gasteiger partial charge >= 0.3 is 0 Å². The third-order valence-electron chi connectivity index (χ3n) is 3.39. The fourth-order valence-electron chi connectivity index (χ4n) is 2.25. The number of carbonyl (C=O) groups excluding carboxylic acids is 1. The molecule has 23 heavy (non-hydrogen) atoms. The number of nitrogens with one attached hydrogen (secondary N) is 1. The number of halogens is 1. The van der Waals surface area contributed by atoms with Crippen molar-refractivity contribution < 1.29 is 9.63 Å². The van der Waals surface area contributed by atoms with Crippen LogP contribution in [0.25, 0.3) is 11.0 Å². The molecule has 118 valence electrons. The molecule has 1 atom stereocenters. The standard InChI is InChI=1S/C16H15BrN4O2/c1-11(12-6-2-3-7-13(12)17)18-16(22)10-23-21-15-9-5-4-8-14(15)19-20-21/h2-9,11H,10H2,1H3,(H,18,22)/t11-/m0/s1. The van der Waals surface area contributed by atoms with Gasteiger partial charge in [0.1, 0.15) is 11.0 Å². The van der Waals surface area contributed by atoms with E-state index in [9.17, 15) is 4.79 Å². The molecule has 0 saturated carbocycles. The van der Waals surface area contributed by atoms with Crippen LogP contribution in [0.2, 0.25) is 0 Å². The van der Waals surface area contributed by atoms with Crippen LogP contribution in [0.15, 0.2) is 53.0 Å². The molecule has 1 heterocycles. The van der Waals surface area contributed by atoms with Crippen LogP contribution in [0.1, 0.15) is 18.5 Å². The van der Waals surface area contributed by atoms with Crippen molar-refractivity contribution in [1.29, 1.82) is 0 Å². The van der Waals surface area contributed by atoms with Crippen LogP contribution in [-0.4, -0.2) is 27.7 Å². The van der Waals surface area contributed by atoms with E-state index in [0.717, 1.165) is 21.1 Å². The van der Waals surface area contributed by atoms with E-state index in [0.29, 0.717) is 0 Å². The highest BCUT2D eigenvalue weighted by atomic mass is 79.9. The van der Waals surface area contributed by atoms with Gasteiger partial charge < -0.3 is 10.2 Å². The molecule has 0 fully saturated rings. The monoisotopic (exact) mass is 374 g/mol. The van der Waals surface area contributed by atoms with E-state index in [1.54, 1.807) is 0 Å². The number of hydrogen-bond acceptors (Lipinski definition) is 4. The molecule has 0 unspecified atom stereocenters. The zero-order valence-electron chi connectivity index (χ0n) is 12.4. The minimum Gasteiger partial charge on any atom is -0.385 e. The van der Waals surface area contributed by atoms with Crippen LogP contribution in [0.4, 0.5) is 0 Å². The molecule has 0 radical (unpaired) electrons. The van der Waals surface area contributed by atoms with Gasteiger partial charge in [0.05, 0.1) is 6.04 Å². The molecular weight excluding hydrogens is 360 g/mol. The Kier molecular flexibility index (Phi) is 4.57. The van der Waals surface area contributed by atoms with Gasteiger partial charge in [0, 0.05) is 4.47 Å². The summed E-state index contributed by atoms with van der Waals surface area (Å²) in [6.07, 6.45) is 0. The molecule has 0 aliphatic heterocycles. The molecule has 0 bridgehead atoms. The molecular formula is C16H15BrN4O2. The first kappa shape index (κ1) is 15.5. The first-order chi connectivity index (χ1) is 11.1. The van der Waals surface area contributed by atoms with E-state index < -0.39 is 0 Å². The average molecular weight is 375 g/mol. The molecule has 7 heteroatoms. The average Bonchev–Trinajstić information content (AvgIpc) is 2.96. The van der Waals surface area contributed by atoms with Crippen molar-refractivity contribution in [2.75, 3.05) is 6.61 Å². The smallest absolute Gasteiger partial charge is 0.261 e. The van der Waals surface area contributed by atoms with Crippen molar-refractivity contribution in [2.45, 2.75) is 13.0 Å². The molecule has 1 N–H and O–H groups in total. The summed E-state index contributed by atoms with van der Waals surface area (Å²) in [5.41, 5.74) is 2.45. The lowest BCUT2D eigenvalue weighted by atomic mass is 10.1. The molecule has 3 aromatic rings. The topological polar surface area (TPSA) is 69.0 Å². The summed E-state index contributed by atoms with van der Waals surface area (Å²) in [7, 11) is 0. The van der Waals surface area contributed by atoms with Gasteiger partial charge in [-0.1, -0.05) is 51.1 Å². The van der Waals surface area contributed by atoms with Gasteiger partial charge in [0.15, 0.2) is 6.61 Å². The second kappa shape index (κ2) is 6.78. The molecule has 6 nitrogen and oxygen atoms in total. The zero-order valence-corrected chi connectivity index (χ0v) is 14.0. The van der Waals surface area contributed by atoms with E-state index in [-0.39, 0.29) is 18.6 Å². The predicted octanol–water partition coefficient (Wildman–Crippen LogP) is 2.50. The van der Waals surface area contributed by atoms with Crippen LogP contribution >= 0.6 is 15.9 Å². The van der Waals surface area contributed by atoms with Crippen LogP contribution in [0.5, 0.6) is 0 Å². The molecule has 0 aliphatic rings. The molecule has 0 spiro atoms. The maximum atomic E-state index is 12.1. The second-order valence-corrected chi connectivity index (χ2v) is 5.89. The van der Waals surface area contributed by atoms with E-state index in [1.165, 1.54) is 4.85 Å². The molecule has 1 amide bonds. The van der Waals surface area contributed by atoms with Crippen LogP contribution < -0.4 is 10.2 Å². The highest BCUT2D eigenvalue weighted by Crippen LogP contribution is 2.22. The normalized spacial score (nSPS) is 12.1. The Hall–Kier alpha value is -2.41. The number of aromatic nitrogens is 3. The lowest BCUT2D eigenvalue weighted by molar-refractivity contribution is -0.127. The van der Waals surface area contributed by atoms with Crippen molar-refractivity contribution in [2.24, 2.45) is 0 Å². The van der Waals surface area contributed by atoms with Crippen LogP contribution in [0.3, 0.4) is 0 Å². The maximum Gasteiger partial charge on any atom is 0.261 e. The zero-order chi connectivity index (χ0) is 16.2. The third-order valence-corrected chi connectivity index (χ3v) is 4.11. The number of rotatable bonds is 5. The summed E-state index contributed by atoms with van der Waals surface area (Å²) < 4.78 is 0.955. The summed E-state index contributed by atoms with van der Waals surface area (Å²) >= 11 is 3.48. The molecule has 2 aromatic carbocycles. The predicted molar refractivity (Wildman–Crippen MR) is 89.7 cm³/mol. The Bertz CT molecular complexity index is 834. The number of amides is 1. The van der Waals surface area contributed by atoms with Gasteiger partial charge in [0.2, 0.25) is 0 Å². The Labute approximate surface area is 141 Å². The van der Waals surface area contributed by atoms with E-state index >= 15 is 0 Å². The third kappa shape index (κ3) is 3.50. The summed E-state index contributed by atoms with van der Waals surface area (Å²) in [4.78, 5) is 18.7. The quantitative estimate of drug-likeness (QED) is 0.744. The van der Waals surface area contributed by atoms with Gasteiger partial charge in [-0.15, -0.1) is 5.10 Å². The molecule has 0 saturated heterocycles. The molecule has 0 aliphatic carbocycles. The molecule has 1 aromatic heterocycles.